The van der Waals surface area contributed by atoms with Gasteiger partial charge in [0.1, 0.15) is 12.0 Å². The lowest BCUT2D eigenvalue weighted by atomic mass is 9.97. The molecule has 4 atom stereocenters. The average Bonchev–Trinajstić information content (AvgIpc) is 3.86. The lowest BCUT2D eigenvalue weighted by Crippen LogP contribution is -2.36. The molecule has 3 aromatic rings. The van der Waals surface area contributed by atoms with Crippen molar-refractivity contribution in [3.05, 3.63) is 75.4 Å². The number of aryl methyl sites for hydroxylation is 3. The van der Waals surface area contributed by atoms with Gasteiger partial charge in [0.05, 0.1) is 41.5 Å². The van der Waals surface area contributed by atoms with E-state index in [0.29, 0.717) is 31.4 Å². The van der Waals surface area contributed by atoms with Crippen LogP contribution in [0, 0.1) is 13.8 Å². The standard InChI is InChI=1S/C30H30N4O2.C12H23NO4S/c1-7-18-15(4)22-10-21-14(3)9-25(31-21)20-13-36-30(35)28-17(6)24(34-29(20)28)12-27-19(8-2)16(5)23(33-27)11-26(18)32-22;1-2-11(16)13-4-3-5-18-12-7-9(15)6-10(8-14)17-12/h7,10-12,14,32-33H,1,8-9,13H2,2-6H3;9-10,12,14-15H,2-8H2,1H3,(H,13,16). The first-order chi connectivity index (χ1) is 26.0. The number of allylic oxidation sites excluding steroid dienone is 1. The maximum atomic E-state index is 12.8. The number of carbonyl (C=O) groups is 2. The van der Waals surface area contributed by atoms with Crippen LogP contribution >= 0.6 is 11.8 Å². The van der Waals surface area contributed by atoms with Gasteiger partial charge in [-0.25, -0.2) is 9.78 Å². The van der Waals surface area contributed by atoms with Crippen molar-refractivity contribution in [3.63, 3.8) is 0 Å². The molecule has 7 rings (SSSR count). The van der Waals surface area contributed by atoms with Crippen LogP contribution in [0.3, 0.4) is 0 Å². The summed E-state index contributed by atoms with van der Waals surface area (Å²) in [5, 5.41) is 21.5. The van der Waals surface area contributed by atoms with Gasteiger partial charge in [-0.15, -0.1) is 11.8 Å². The number of rotatable bonds is 9. The second-order valence-corrected chi connectivity index (χ2v) is 15.7. The Hall–Kier alpha value is -4.23. The number of fused-ring (bicyclic) bond motifs is 8. The monoisotopic (exact) mass is 755 g/mol. The number of esters is 1. The molecule has 0 saturated carbocycles. The summed E-state index contributed by atoms with van der Waals surface area (Å²) in [5.41, 5.74) is 14.5. The lowest BCUT2D eigenvalue weighted by Gasteiger charge is -2.31. The van der Waals surface area contributed by atoms with E-state index in [0.717, 1.165) is 92.1 Å². The van der Waals surface area contributed by atoms with Gasteiger partial charge in [0.2, 0.25) is 5.91 Å². The lowest BCUT2D eigenvalue weighted by molar-refractivity contribution is -0.138. The first-order valence-corrected chi connectivity index (χ1v) is 20.1. The van der Waals surface area contributed by atoms with E-state index in [4.69, 9.17) is 24.5 Å². The van der Waals surface area contributed by atoms with Crippen LogP contribution in [0.2, 0.25) is 0 Å². The summed E-state index contributed by atoms with van der Waals surface area (Å²) in [7, 11) is 0. The van der Waals surface area contributed by atoms with Gasteiger partial charge >= 0.3 is 5.97 Å². The van der Waals surface area contributed by atoms with Crippen LogP contribution in [-0.2, 0) is 38.5 Å². The number of hydrogen-bond donors (Lipinski definition) is 5. The summed E-state index contributed by atoms with van der Waals surface area (Å²) in [6.07, 6.45) is 5.49. The number of H-pyrrole nitrogens is 2. The van der Waals surface area contributed by atoms with Crippen LogP contribution < -0.4 is 5.32 Å². The minimum absolute atomic E-state index is 0.0410. The Morgan fingerprint density at radius 2 is 1.83 bits per heavy atom. The SMILES string of the molecule is C=Cc1c(C)c2cc3nc(c4c5nc(cc6[nH]c(cc1[nH]2)c(C)c6CC)C(C)=C5C(=O)OC4)CC3C.CCC(=O)NCCCSC1CC(O)CC(CO)O1. The number of thioether (sulfide) groups is 1. The summed E-state index contributed by atoms with van der Waals surface area (Å²) in [4.78, 5) is 41.1. The van der Waals surface area contributed by atoms with Gasteiger partial charge in [-0.3, -0.25) is 9.78 Å². The molecule has 1 amide bonds. The number of amides is 1. The quantitative estimate of drug-likeness (QED) is 0.115. The van der Waals surface area contributed by atoms with E-state index in [1.165, 1.54) is 11.1 Å². The molecule has 1 saturated heterocycles. The van der Waals surface area contributed by atoms with Crippen molar-refractivity contribution in [1.82, 2.24) is 25.3 Å². The molecule has 11 nitrogen and oxygen atoms in total. The number of aromatic amines is 2. The van der Waals surface area contributed by atoms with E-state index in [-0.39, 0.29) is 48.7 Å². The molecule has 4 unspecified atom stereocenters. The third-order valence-electron chi connectivity index (χ3n) is 10.7. The molecule has 4 aliphatic rings. The molecule has 0 radical (unpaired) electrons. The van der Waals surface area contributed by atoms with Crippen molar-refractivity contribution in [2.75, 3.05) is 18.9 Å². The Morgan fingerprint density at radius 1 is 1.07 bits per heavy atom. The summed E-state index contributed by atoms with van der Waals surface area (Å²) in [5.74, 6) is 0.884. The van der Waals surface area contributed by atoms with Crippen molar-refractivity contribution < 1.29 is 29.3 Å². The van der Waals surface area contributed by atoms with Gasteiger partial charge in [-0.05, 0) is 86.2 Å². The summed E-state index contributed by atoms with van der Waals surface area (Å²) < 4.78 is 11.2. The van der Waals surface area contributed by atoms with Crippen LogP contribution in [0.1, 0.15) is 110 Å². The van der Waals surface area contributed by atoms with Crippen LogP contribution in [0.15, 0.2) is 24.8 Å². The van der Waals surface area contributed by atoms with E-state index in [1.54, 1.807) is 11.8 Å². The maximum Gasteiger partial charge on any atom is 0.341 e. The van der Waals surface area contributed by atoms with Crippen LogP contribution in [0.25, 0.3) is 39.3 Å². The molecule has 3 aromatic heterocycles. The zero-order chi connectivity index (χ0) is 38.7. The van der Waals surface area contributed by atoms with Crippen LogP contribution in [-0.4, -0.2) is 78.6 Å². The first-order valence-electron chi connectivity index (χ1n) is 19.0. The van der Waals surface area contributed by atoms with Crippen molar-refractivity contribution in [2.24, 2.45) is 0 Å². The molecule has 0 aliphatic carbocycles. The summed E-state index contributed by atoms with van der Waals surface area (Å²) >= 11 is 1.63. The highest BCUT2D eigenvalue weighted by molar-refractivity contribution is 7.99. The predicted octanol–water partition coefficient (Wildman–Crippen LogP) is 6.96. The zero-order valence-corrected chi connectivity index (χ0v) is 33.0. The first kappa shape index (κ1) is 39.5. The molecule has 288 valence electrons. The molecule has 54 heavy (non-hydrogen) atoms. The number of cyclic esters (lactones) is 1. The highest BCUT2D eigenvalue weighted by atomic mass is 32.2. The van der Waals surface area contributed by atoms with E-state index in [2.05, 4.69) is 67.8 Å². The number of aliphatic hydroxyl groups is 2. The van der Waals surface area contributed by atoms with Gasteiger partial charge in [-0.2, -0.15) is 0 Å². The molecule has 12 heteroatoms. The van der Waals surface area contributed by atoms with Crippen molar-refractivity contribution >= 4 is 62.9 Å². The zero-order valence-electron chi connectivity index (χ0n) is 32.2. The second kappa shape index (κ2) is 17.1. The molecule has 1 fully saturated rings. The molecular formula is C42H53N5O6S. The fraction of sp³-hybridized carbons (Fsp3) is 0.476. The highest BCUT2D eigenvalue weighted by Gasteiger charge is 2.34. The van der Waals surface area contributed by atoms with Crippen molar-refractivity contribution in [1.29, 1.82) is 0 Å². The Balaban J connectivity index is 0.000000234. The number of carbonyl (C=O) groups excluding carboxylic acids is 2. The van der Waals surface area contributed by atoms with Gasteiger partial charge in [-0.1, -0.05) is 33.4 Å². The van der Waals surface area contributed by atoms with Gasteiger partial charge < -0.3 is 35.0 Å². The van der Waals surface area contributed by atoms with Crippen molar-refractivity contribution in [2.45, 2.75) is 110 Å². The number of hydrogen-bond acceptors (Lipinski definition) is 9. The predicted molar refractivity (Wildman–Crippen MR) is 216 cm³/mol. The van der Waals surface area contributed by atoms with E-state index in [9.17, 15) is 14.7 Å². The molecule has 4 aliphatic heterocycles. The molecule has 7 heterocycles. The van der Waals surface area contributed by atoms with Gasteiger partial charge in [0.25, 0.3) is 0 Å². The van der Waals surface area contributed by atoms with Crippen LogP contribution in [0.5, 0.6) is 0 Å². The minimum atomic E-state index is -0.381. The summed E-state index contributed by atoms with van der Waals surface area (Å²) in [6, 6.07) is 6.38. The number of nitrogens with zero attached hydrogens (tertiary/aromatic N) is 2. The van der Waals surface area contributed by atoms with Gasteiger partial charge in [0, 0.05) is 70.6 Å². The van der Waals surface area contributed by atoms with E-state index >= 15 is 0 Å². The molecular weight excluding hydrogens is 703 g/mol. The minimum Gasteiger partial charge on any atom is -0.457 e. The average molecular weight is 756 g/mol. The van der Waals surface area contributed by atoms with Gasteiger partial charge in [0.15, 0.2) is 0 Å². The number of aromatic nitrogens is 4. The number of aliphatic hydroxyl groups excluding tert-OH is 2. The highest BCUT2D eigenvalue weighted by Crippen LogP contribution is 2.39. The molecule has 0 spiro atoms. The topological polar surface area (TPSA) is 162 Å². The smallest absolute Gasteiger partial charge is 0.341 e. The molecule has 8 bridgehead atoms. The molecule has 5 N–H and O–H groups in total. The Labute approximate surface area is 321 Å². The second-order valence-electron chi connectivity index (χ2n) is 14.4. The normalized spacial score (nSPS) is 20.6. The van der Waals surface area contributed by atoms with E-state index in [1.807, 2.05) is 19.9 Å². The van der Waals surface area contributed by atoms with Crippen molar-refractivity contribution in [3.8, 4) is 0 Å². The third kappa shape index (κ3) is 8.22. The fourth-order valence-electron chi connectivity index (χ4n) is 7.56. The Bertz CT molecular complexity index is 2130. The Kier molecular flexibility index (Phi) is 12.5. The largest absolute Gasteiger partial charge is 0.457 e. The maximum absolute atomic E-state index is 12.8. The molecule has 0 aromatic carbocycles. The number of ether oxygens (including phenoxy) is 2. The number of nitrogens with one attached hydrogen (secondary N) is 3. The fourth-order valence-corrected chi connectivity index (χ4v) is 8.73. The van der Waals surface area contributed by atoms with Crippen LogP contribution in [0.4, 0.5) is 0 Å². The Morgan fingerprint density at radius 3 is 2.56 bits per heavy atom. The summed E-state index contributed by atoms with van der Waals surface area (Å²) in [6.45, 7) is 17.3. The third-order valence-corrected chi connectivity index (χ3v) is 11.9. The van der Waals surface area contributed by atoms with E-state index < -0.39 is 0 Å².